The lowest BCUT2D eigenvalue weighted by Crippen LogP contribution is -2.52. The molecule has 23 heavy (non-hydrogen) atoms. The van der Waals surface area contributed by atoms with Crippen molar-refractivity contribution in [2.24, 2.45) is 0 Å². The van der Waals surface area contributed by atoms with E-state index in [0.29, 0.717) is 38.3 Å². The number of carbonyl (C=O) groups excluding carboxylic acids is 2. The maximum Gasteiger partial charge on any atom is 0.253 e. The van der Waals surface area contributed by atoms with Crippen LogP contribution in [0, 0.1) is 0 Å². The van der Waals surface area contributed by atoms with Gasteiger partial charge in [0.2, 0.25) is 0 Å². The molecule has 2 amide bonds. The minimum atomic E-state index is -0.267. The Hall–Kier alpha value is -1.53. The number of benzene rings is 1. The van der Waals surface area contributed by atoms with E-state index in [1.807, 2.05) is 40.3 Å². The van der Waals surface area contributed by atoms with E-state index in [1.54, 1.807) is 11.8 Å². The number of carbonyl (C=O) groups is 2. The minimum absolute atomic E-state index is 0.0434. The third kappa shape index (κ3) is 3.70. The third-order valence-corrected chi connectivity index (χ3v) is 5.16. The van der Waals surface area contributed by atoms with Crippen molar-refractivity contribution in [3.05, 3.63) is 29.8 Å². The van der Waals surface area contributed by atoms with Crippen LogP contribution in [-0.2, 0) is 9.53 Å². The van der Waals surface area contributed by atoms with E-state index in [9.17, 15) is 9.59 Å². The number of piperazine rings is 1. The van der Waals surface area contributed by atoms with Crippen molar-refractivity contribution < 1.29 is 14.3 Å². The molecule has 1 aromatic carbocycles. The van der Waals surface area contributed by atoms with Gasteiger partial charge in [0.1, 0.15) is 6.10 Å². The smallest absolute Gasteiger partial charge is 0.253 e. The van der Waals surface area contributed by atoms with Crippen molar-refractivity contribution >= 4 is 23.6 Å². The van der Waals surface area contributed by atoms with Crippen LogP contribution < -0.4 is 0 Å². The number of hydrogen-bond acceptors (Lipinski definition) is 4. The lowest BCUT2D eigenvalue weighted by Gasteiger charge is -2.35. The van der Waals surface area contributed by atoms with E-state index in [1.165, 1.54) is 0 Å². The van der Waals surface area contributed by atoms with Gasteiger partial charge in [-0.05, 0) is 43.4 Å². The fourth-order valence-corrected chi connectivity index (χ4v) is 3.43. The van der Waals surface area contributed by atoms with Crippen LogP contribution in [0.15, 0.2) is 29.2 Å². The summed E-state index contributed by atoms with van der Waals surface area (Å²) in [4.78, 5) is 29.6. The number of rotatable bonds is 3. The Kier molecular flexibility index (Phi) is 5.23. The Morgan fingerprint density at radius 2 is 1.74 bits per heavy atom. The molecule has 2 aliphatic heterocycles. The summed E-state index contributed by atoms with van der Waals surface area (Å²) < 4.78 is 5.46. The van der Waals surface area contributed by atoms with Crippen molar-refractivity contribution in [1.82, 2.24) is 9.80 Å². The zero-order valence-electron chi connectivity index (χ0n) is 13.4. The minimum Gasteiger partial charge on any atom is -0.368 e. The van der Waals surface area contributed by atoms with Crippen LogP contribution in [0.5, 0.6) is 0 Å². The van der Waals surface area contributed by atoms with Crippen LogP contribution >= 0.6 is 11.8 Å². The maximum atomic E-state index is 12.5. The molecular formula is C17H22N2O3S. The second-order valence-corrected chi connectivity index (χ2v) is 6.73. The molecule has 0 aromatic heterocycles. The summed E-state index contributed by atoms with van der Waals surface area (Å²) in [6.07, 6.45) is 3.53. The van der Waals surface area contributed by atoms with Crippen molar-refractivity contribution in [3.63, 3.8) is 0 Å². The molecule has 6 heteroatoms. The lowest BCUT2D eigenvalue weighted by molar-refractivity contribution is -0.142. The molecule has 5 nitrogen and oxygen atoms in total. The van der Waals surface area contributed by atoms with Crippen LogP contribution in [-0.4, -0.2) is 66.8 Å². The van der Waals surface area contributed by atoms with Crippen molar-refractivity contribution in [2.75, 3.05) is 39.0 Å². The molecule has 1 aromatic rings. The largest absolute Gasteiger partial charge is 0.368 e. The van der Waals surface area contributed by atoms with E-state index < -0.39 is 0 Å². The number of ether oxygens (including phenoxy) is 1. The topological polar surface area (TPSA) is 49.9 Å². The van der Waals surface area contributed by atoms with Crippen LogP contribution in [0.25, 0.3) is 0 Å². The van der Waals surface area contributed by atoms with Crippen molar-refractivity contribution in [1.29, 1.82) is 0 Å². The highest BCUT2D eigenvalue weighted by molar-refractivity contribution is 7.98. The van der Waals surface area contributed by atoms with Crippen LogP contribution in [0.3, 0.4) is 0 Å². The number of amides is 2. The first-order valence-electron chi connectivity index (χ1n) is 8.03. The molecule has 0 spiro atoms. The number of nitrogens with zero attached hydrogens (tertiary/aromatic N) is 2. The van der Waals surface area contributed by atoms with E-state index in [2.05, 4.69) is 0 Å². The molecule has 0 aliphatic carbocycles. The molecule has 1 unspecified atom stereocenters. The quantitative estimate of drug-likeness (QED) is 0.792. The zero-order chi connectivity index (χ0) is 16.2. The predicted octanol–water partition coefficient (Wildman–Crippen LogP) is 1.87. The molecule has 0 N–H and O–H groups in total. The van der Waals surface area contributed by atoms with Crippen LogP contribution in [0.1, 0.15) is 23.2 Å². The Morgan fingerprint density at radius 3 is 2.30 bits per heavy atom. The molecular weight excluding hydrogens is 312 g/mol. The first kappa shape index (κ1) is 16.3. The maximum absolute atomic E-state index is 12.5. The fourth-order valence-electron chi connectivity index (χ4n) is 3.02. The normalized spacial score (nSPS) is 21.5. The summed E-state index contributed by atoms with van der Waals surface area (Å²) in [6, 6.07) is 7.68. The average molecular weight is 334 g/mol. The summed E-state index contributed by atoms with van der Waals surface area (Å²) in [5, 5.41) is 0. The van der Waals surface area contributed by atoms with Gasteiger partial charge < -0.3 is 14.5 Å². The van der Waals surface area contributed by atoms with Gasteiger partial charge in [0, 0.05) is 43.2 Å². The van der Waals surface area contributed by atoms with Crippen molar-refractivity contribution in [3.8, 4) is 0 Å². The summed E-state index contributed by atoms with van der Waals surface area (Å²) in [5.74, 6) is 0.126. The van der Waals surface area contributed by atoms with Gasteiger partial charge in [-0.1, -0.05) is 0 Å². The highest BCUT2D eigenvalue weighted by Crippen LogP contribution is 2.18. The Morgan fingerprint density at radius 1 is 1.09 bits per heavy atom. The van der Waals surface area contributed by atoms with E-state index >= 15 is 0 Å². The lowest BCUT2D eigenvalue weighted by atomic mass is 10.1. The molecule has 0 saturated carbocycles. The van der Waals surface area contributed by atoms with Crippen LogP contribution in [0.4, 0.5) is 0 Å². The zero-order valence-corrected chi connectivity index (χ0v) is 14.2. The highest BCUT2D eigenvalue weighted by atomic mass is 32.2. The van der Waals surface area contributed by atoms with Crippen LogP contribution in [0.2, 0.25) is 0 Å². The number of thioether (sulfide) groups is 1. The first-order valence-corrected chi connectivity index (χ1v) is 9.25. The Bertz CT molecular complexity index is 562. The summed E-state index contributed by atoms with van der Waals surface area (Å²) in [6.45, 7) is 3.03. The first-order chi connectivity index (χ1) is 11.2. The van der Waals surface area contributed by atoms with Gasteiger partial charge in [0.05, 0.1) is 0 Å². The molecule has 124 valence electrons. The fraction of sp³-hybridized carbons (Fsp3) is 0.529. The van der Waals surface area contributed by atoms with Gasteiger partial charge in [-0.2, -0.15) is 0 Å². The average Bonchev–Trinajstić information content (AvgIpc) is 3.15. The molecule has 0 radical (unpaired) electrons. The van der Waals surface area contributed by atoms with Gasteiger partial charge in [-0.25, -0.2) is 0 Å². The monoisotopic (exact) mass is 334 g/mol. The predicted molar refractivity (Wildman–Crippen MR) is 89.7 cm³/mol. The second kappa shape index (κ2) is 7.36. The SMILES string of the molecule is CSc1ccc(C(=O)N2CCN(C(=O)C3CCCO3)CC2)cc1. The Labute approximate surface area is 141 Å². The summed E-state index contributed by atoms with van der Waals surface area (Å²) in [5.41, 5.74) is 0.710. The third-order valence-electron chi connectivity index (χ3n) is 4.42. The van der Waals surface area contributed by atoms with Gasteiger partial charge in [-0.15, -0.1) is 11.8 Å². The van der Waals surface area contributed by atoms with Crippen molar-refractivity contribution in [2.45, 2.75) is 23.8 Å². The summed E-state index contributed by atoms with van der Waals surface area (Å²) >= 11 is 1.66. The highest BCUT2D eigenvalue weighted by Gasteiger charge is 2.31. The van der Waals surface area contributed by atoms with E-state index in [4.69, 9.17) is 4.74 Å². The van der Waals surface area contributed by atoms with Gasteiger partial charge >= 0.3 is 0 Å². The van der Waals surface area contributed by atoms with E-state index in [-0.39, 0.29) is 17.9 Å². The van der Waals surface area contributed by atoms with Gasteiger partial charge in [0.25, 0.3) is 11.8 Å². The molecule has 2 fully saturated rings. The molecule has 3 rings (SSSR count). The molecule has 2 heterocycles. The summed E-state index contributed by atoms with van der Waals surface area (Å²) in [7, 11) is 0. The Balaban J connectivity index is 1.55. The molecule has 0 bridgehead atoms. The molecule has 2 aliphatic rings. The second-order valence-electron chi connectivity index (χ2n) is 5.85. The van der Waals surface area contributed by atoms with Gasteiger partial charge in [0.15, 0.2) is 0 Å². The van der Waals surface area contributed by atoms with E-state index in [0.717, 1.165) is 17.7 Å². The van der Waals surface area contributed by atoms with Gasteiger partial charge in [-0.3, -0.25) is 9.59 Å². The molecule has 1 atom stereocenters. The standard InChI is InChI=1S/C17H22N2O3S/c1-23-14-6-4-13(5-7-14)16(20)18-8-10-19(11-9-18)17(21)15-3-2-12-22-15/h4-7,15H,2-3,8-12H2,1H3. The molecule has 2 saturated heterocycles. The number of hydrogen-bond donors (Lipinski definition) is 0.